The van der Waals surface area contributed by atoms with Crippen LogP contribution in [-0.2, 0) is 13.1 Å². The van der Waals surface area contributed by atoms with E-state index in [4.69, 9.17) is 0 Å². The summed E-state index contributed by atoms with van der Waals surface area (Å²) in [6.45, 7) is 5.64. The summed E-state index contributed by atoms with van der Waals surface area (Å²) in [6.07, 6.45) is -0.186. The van der Waals surface area contributed by atoms with E-state index in [1.807, 2.05) is 0 Å². The van der Waals surface area contributed by atoms with Gasteiger partial charge >= 0.3 is 0 Å². The molecule has 68 valence electrons. The first-order valence-corrected chi connectivity index (χ1v) is 3.93. The van der Waals surface area contributed by atoms with E-state index in [9.17, 15) is 5.11 Å². The molecule has 0 saturated carbocycles. The second kappa shape index (κ2) is 3.07. The lowest BCUT2D eigenvalue weighted by Crippen LogP contribution is -3.00. The van der Waals surface area contributed by atoms with E-state index in [1.165, 1.54) is 11.4 Å². The van der Waals surface area contributed by atoms with Crippen LogP contribution in [0.5, 0.6) is 0 Å². The van der Waals surface area contributed by atoms with Crippen molar-refractivity contribution in [1.29, 1.82) is 0 Å². The molecule has 0 saturated heterocycles. The number of aromatic nitrogens is 2. The molecular weight excluding hydrogens is 176 g/mol. The Labute approximate surface area is 78.0 Å². The average Bonchev–Trinajstić information content (AvgIpc) is 2.38. The molecule has 1 aliphatic rings. The fourth-order valence-electron chi connectivity index (χ4n) is 1.77. The van der Waals surface area contributed by atoms with E-state index in [1.54, 1.807) is 0 Å². The molecule has 4 heteroatoms. The van der Waals surface area contributed by atoms with E-state index < -0.39 is 0 Å². The minimum Gasteiger partial charge on any atom is -1.00 e. The molecule has 1 aromatic rings. The molecule has 0 aliphatic carbocycles. The highest BCUT2D eigenvalue weighted by molar-refractivity contribution is 5.02. The van der Waals surface area contributed by atoms with Crippen LogP contribution in [0.3, 0.4) is 0 Å². The van der Waals surface area contributed by atoms with Gasteiger partial charge < -0.3 is 17.5 Å². The molecule has 1 aromatic heterocycles. The SMILES string of the molecule is Cc1cc(C)[n+]2n1CC(O)C2.[Cl-]. The Morgan fingerprint density at radius 2 is 2.25 bits per heavy atom. The predicted octanol–water partition coefficient (Wildman–Crippen LogP) is -3.23. The Kier molecular flexibility index (Phi) is 2.44. The molecule has 0 unspecified atom stereocenters. The van der Waals surface area contributed by atoms with Crippen molar-refractivity contribution in [3.8, 4) is 0 Å². The van der Waals surface area contributed by atoms with Crippen molar-refractivity contribution in [2.45, 2.75) is 33.0 Å². The van der Waals surface area contributed by atoms with Crippen LogP contribution in [0.1, 0.15) is 11.4 Å². The zero-order chi connectivity index (χ0) is 8.01. The summed E-state index contributed by atoms with van der Waals surface area (Å²) >= 11 is 0. The van der Waals surface area contributed by atoms with Crippen LogP contribution in [0.4, 0.5) is 0 Å². The van der Waals surface area contributed by atoms with Gasteiger partial charge in [0.15, 0.2) is 6.54 Å². The van der Waals surface area contributed by atoms with Crippen molar-refractivity contribution in [3.63, 3.8) is 0 Å². The van der Waals surface area contributed by atoms with Crippen LogP contribution in [0.25, 0.3) is 0 Å². The molecule has 0 amide bonds. The third kappa shape index (κ3) is 1.23. The van der Waals surface area contributed by atoms with Gasteiger partial charge in [-0.25, -0.2) is 0 Å². The Bertz CT molecular complexity index is 269. The van der Waals surface area contributed by atoms with Crippen molar-refractivity contribution in [2.75, 3.05) is 0 Å². The largest absolute Gasteiger partial charge is 1.00 e. The summed E-state index contributed by atoms with van der Waals surface area (Å²) < 4.78 is 4.25. The fraction of sp³-hybridized carbons (Fsp3) is 0.625. The number of halogens is 1. The molecule has 12 heavy (non-hydrogen) atoms. The third-order valence-electron chi connectivity index (χ3n) is 2.29. The number of aliphatic hydroxyl groups is 1. The second-order valence-corrected chi connectivity index (χ2v) is 3.25. The molecule has 1 N–H and O–H groups in total. The molecule has 0 bridgehead atoms. The maximum absolute atomic E-state index is 9.35. The number of aryl methyl sites for hydroxylation is 2. The van der Waals surface area contributed by atoms with E-state index in [0.717, 1.165) is 13.1 Å². The van der Waals surface area contributed by atoms with Crippen LogP contribution < -0.4 is 17.1 Å². The van der Waals surface area contributed by atoms with E-state index in [-0.39, 0.29) is 18.5 Å². The van der Waals surface area contributed by atoms with Gasteiger partial charge in [-0.15, -0.1) is 4.68 Å². The summed E-state index contributed by atoms with van der Waals surface area (Å²) in [5.41, 5.74) is 2.47. The molecule has 0 aromatic carbocycles. The average molecular weight is 189 g/mol. The van der Waals surface area contributed by atoms with Crippen LogP contribution in [0.2, 0.25) is 0 Å². The lowest BCUT2D eigenvalue weighted by Gasteiger charge is -1.91. The van der Waals surface area contributed by atoms with Gasteiger partial charge in [-0.1, -0.05) is 0 Å². The van der Waals surface area contributed by atoms with Crippen molar-refractivity contribution < 1.29 is 22.2 Å². The summed E-state index contributed by atoms with van der Waals surface area (Å²) in [6, 6.07) is 2.14. The molecule has 2 heterocycles. The van der Waals surface area contributed by atoms with Gasteiger partial charge in [-0.2, -0.15) is 4.68 Å². The minimum absolute atomic E-state index is 0. The number of aliphatic hydroxyl groups excluding tert-OH is 1. The Hall–Kier alpha value is -0.540. The van der Waals surface area contributed by atoms with Crippen molar-refractivity contribution in [3.05, 3.63) is 17.5 Å². The molecule has 0 fully saturated rings. The summed E-state index contributed by atoms with van der Waals surface area (Å²) in [5, 5.41) is 9.35. The lowest BCUT2D eigenvalue weighted by molar-refractivity contribution is -0.765. The highest BCUT2D eigenvalue weighted by Crippen LogP contribution is 2.07. The zero-order valence-corrected chi connectivity index (χ0v) is 8.04. The van der Waals surface area contributed by atoms with Crippen LogP contribution in [-0.4, -0.2) is 15.9 Å². The summed E-state index contributed by atoms with van der Waals surface area (Å²) in [5.74, 6) is 0. The molecule has 0 atom stereocenters. The number of rotatable bonds is 0. The molecule has 2 rings (SSSR count). The molecular formula is C8H13ClN2O. The smallest absolute Gasteiger partial charge is 0.205 e. The Morgan fingerprint density at radius 3 is 2.83 bits per heavy atom. The third-order valence-corrected chi connectivity index (χ3v) is 2.29. The van der Waals surface area contributed by atoms with Gasteiger partial charge in [0.05, 0.1) is 5.69 Å². The van der Waals surface area contributed by atoms with E-state index in [2.05, 4.69) is 29.3 Å². The first kappa shape index (κ1) is 9.55. The van der Waals surface area contributed by atoms with Crippen LogP contribution in [0.15, 0.2) is 6.07 Å². The van der Waals surface area contributed by atoms with Crippen molar-refractivity contribution in [1.82, 2.24) is 4.68 Å². The topological polar surface area (TPSA) is 29.0 Å². The number of fused-ring (bicyclic) bond motifs is 1. The van der Waals surface area contributed by atoms with Gasteiger partial charge in [0.2, 0.25) is 5.69 Å². The first-order valence-electron chi connectivity index (χ1n) is 3.93. The van der Waals surface area contributed by atoms with Gasteiger partial charge in [0, 0.05) is 13.0 Å². The van der Waals surface area contributed by atoms with Gasteiger partial charge in [-0.05, 0) is 6.92 Å². The maximum Gasteiger partial charge on any atom is 0.205 e. The second-order valence-electron chi connectivity index (χ2n) is 3.25. The van der Waals surface area contributed by atoms with Crippen LogP contribution >= 0.6 is 0 Å². The van der Waals surface area contributed by atoms with Gasteiger partial charge in [-0.3, -0.25) is 0 Å². The summed E-state index contributed by atoms with van der Waals surface area (Å²) in [4.78, 5) is 0. The molecule has 3 nitrogen and oxygen atoms in total. The number of nitrogens with zero attached hydrogens (tertiary/aromatic N) is 2. The summed E-state index contributed by atoms with van der Waals surface area (Å²) in [7, 11) is 0. The van der Waals surface area contributed by atoms with Crippen molar-refractivity contribution >= 4 is 0 Å². The highest BCUT2D eigenvalue weighted by atomic mass is 35.5. The minimum atomic E-state index is -0.186. The molecule has 0 spiro atoms. The van der Waals surface area contributed by atoms with Gasteiger partial charge in [0.1, 0.15) is 12.6 Å². The predicted molar refractivity (Wildman–Crippen MR) is 40.1 cm³/mol. The standard InChI is InChI=1S/C8H13N2O.ClH/c1-6-3-7(2)10-5-8(11)4-9(6)10;/h3,8,11H,4-5H2,1-2H3;1H/q+1;/p-1. The van der Waals surface area contributed by atoms with E-state index >= 15 is 0 Å². The quantitative estimate of drug-likeness (QED) is 0.427. The molecule has 0 radical (unpaired) electrons. The van der Waals surface area contributed by atoms with Gasteiger partial charge in [0.25, 0.3) is 0 Å². The maximum atomic E-state index is 9.35. The highest BCUT2D eigenvalue weighted by Gasteiger charge is 2.29. The van der Waals surface area contributed by atoms with Crippen molar-refractivity contribution in [2.24, 2.45) is 0 Å². The van der Waals surface area contributed by atoms with E-state index in [0.29, 0.717) is 0 Å². The fourth-order valence-corrected chi connectivity index (χ4v) is 1.77. The normalized spacial score (nSPS) is 20.4. The van der Waals surface area contributed by atoms with Crippen LogP contribution in [0, 0.1) is 13.8 Å². The number of hydrogen-bond acceptors (Lipinski definition) is 1. The zero-order valence-electron chi connectivity index (χ0n) is 7.29. The molecule has 1 aliphatic heterocycles. The first-order chi connectivity index (χ1) is 5.18. The Balaban J connectivity index is 0.000000720. The monoisotopic (exact) mass is 188 g/mol. The Morgan fingerprint density at radius 1 is 1.58 bits per heavy atom. The lowest BCUT2D eigenvalue weighted by atomic mass is 10.3. The number of hydrogen-bond donors (Lipinski definition) is 1.